The molecule has 72 heavy (non-hydrogen) atoms. The Labute approximate surface area is 417 Å². The van der Waals surface area contributed by atoms with E-state index < -0.39 is 0 Å². The van der Waals surface area contributed by atoms with Gasteiger partial charge in [0, 0.05) is 49.1 Å². The van der Waals surface area contributed by atoms with Gasteiger partial charge in [-0.2, -0.15) is 0 Å². The molecule has 0 bridgehead atoms. The fourth-order valence-electron chi connectivity index (χ4n) is 12.6. The van der Waals surface area contributed by atoms with Gasteiger partial charge in [0.25, 0.3) is 0 Å². The van der Waals surface area contributed by atoms with Crippen molar-refractivity contribution in [2.45, 2.75) is 19.3 Å². The molecule has 0 fully saturated rings. The van der Waals surface area contributed by atoms with Crippen molar-refractivity contribution < 1.29 is 0 Å². The number of hydrogen-bond acceptors (Lipinski definition) is 1. The lowest BCUT2D eigenvalue weighted by Gasteiger charge is -2.43. The summed E-state index contributed by atoms with van der Waals surface area (Å²) in [5.41, 5.74) is 17.7. The lowest BCUT2D eigenvalue weighted by molar-refractivity contribution is 0.632. The van der Waals surface area contributed by atoms with Crippen molar-refractivity contribution >= 4 is 93.0 Å². The average Bonchev–Trinajstić information content (AvgIpc) is 3.96. The van der Waals surface area contributed by atoms with E-state index in [9.17, 15) is 0 Å². The summed E-state index contributed by atoms with van der Waals surface area (Å²) in [6.45, 7) is 4.82. The van der Waals surface area contributed by atoms with E-state index in [1.54, 1.807) is 0 Å². The summed E-state index contributed by atoms with van der Waals surface area (Å²) < 4.78 is 4.93. The Morgan fingerprint density at radius 3 is 1.17 bits per heavy atom. The van der Waals surface area contributed by atoms with Gasteiger partial charge in [0.1, 0.15) is 0 Å². The number of para-hydroxylation sites is 4. The Balaban J connectivity index is 1.07. The molecule has 0 spiro atoms. The number of benzene rings is 12. The van der Waals surface area contributed by atoms with Crippen LogP contribution in [0.1, 0.15) is 25.0 Å². The van der Waals surface area contributed by atoms with Crippen LogP contribution >= 0.6 is 0 Å². The zero-order valence-corrected chi connectivity index (χ0v) is 40.0. The summed E-state index contributed by atoms with van der Waals surface area (Å²) >= 11 is 0. The highest BCUT2D eigenvalue weighted by molar-refractivity contribution is 6.25. The molecule has 15 rings (SSSR count). The molecule has 0 radical (unpaired) electrons. The first-order valence-corrected chi connectivity index (χ1v) is 25.1. The van der Waals surface area contributed by atoms with E-state index in [0.29, 0.717) is 0 Å². The van der Waals surface area contributed by atoms with Gasteiger partial charge in [-0.1, -0.05) is 202 Å². The topological polar surface area (TPSA) is 13.1 Å². The first-order chi connectivity index (χ1) is 35.5. The molecule has 338 valence electrons. The van der Waals surface area contributed by atoms with Gasteiger partial charge in [-0.3, -0.25) is 0 Å². The van der Waals surface area contributed by atoms with E-state index in [2.05, 4.69) is 277 Å². The van der Waals surface area contributed by atoms with E-state index in [-0.39, 0.29) is 5.41 Å². The molecular formula is C69H47N3. The molecule has 0 saturated heterocycles. The summed E-state index contributed by atoms with van der Waals surface area (Å²) in [5, 5.41) is 12.3. The van der Waals surface area contributed by atoms with Gasteiger partial charge in [0.2, 0.25) is 0 Å². The molecule has 2 aromatic heterocycles. The van der Waals surface area contributed by atoms with Gasteiger partial charge in [-0.15, -0.1) is 0 Å². The van der Waals surface area contributed by atoms with Crippen molar-refractivity contribution in [3.8, 4) is 33.6 Å². The lowest BCUT2D eigenvalue weighted by atomic mass is 9.73. The quantitative estimate of drug-likeness (QED) is 0.157. The minimum Gasteiger partial charge on any atom is -0.309 e. The van der Waals surface area contributed by atoms with Crippen LogP contribution < -0.4 is 4.90 Å². The van der Waals surface area contributed by atoms with Crippen LogP contribution in [0, 0.1) is 0 Å². The molecular weight excluding hydrogens is 871 g/mol. The smallest absolute Gasteiger partial charge is 0.0619 e. The number of nitrogens with zero attached hydrogens (tertiary/aromatic N) is 3. The molecule has 0 saturated carbocycles. The molecule has 0 N–H and O–H groups in total. The van der Waals surface area contributed by atoms with Gasteiger partial charge < -0.3 is 14.0 Å². The Hall–Kier alpha value is -9.18. The zero-order chi connectivity index (χ0) is 47.7. The van der Waals surface area contributed by atoms with Crippen molar-refractivity contribution in [2.24, 2.45) is 0 Å². The van der Waals surface area contributed by atoms with Crippen molar-refractivity contribution in [2.75, 3.05) is 4.90 Å². The number of rotatable bonds is 5. The third kappa shape index (κ3) is 5.79. The second kappa shape index (κ2) is 15.4. The predicted molar refractivity (Wildman–Crippen MR) is 305 cm³/mol. The number of aromatic nitrogens is 2. The second-order valence-corrected chi connectivity index (χ2v) is 20.0. The Morgan fingerprint density at radius 2 is 0.694 bits per heavy atom. The Morgan fingerprint density at radius 1 is 0.306 bits per heavy atom. The van der Waals surface area contributed by atoms with Crippen LogP contribution in [0.4, 0.5) is 17.1 Å². The maximum Gasteiger partial charge on any atom is 0.0619 e. The van der Waals surface area contributed by atoms with Crippen molar-refractivity contribution in [1.29, 1.82) is 0 Å². The second-order valence-electron chi connectivity index (χ2n) is 20.0. The molecule has 14 aromatic rings. The van der Waals surface area contributed by atoms with Gasteiger partial charge in [0.05, 0.1) is 39.1 Å². The molecule has 0 atom stereocenters. The summed E-state index contributed by atoms with van der Waals surface area (Å²) in [5.74, 6) is 0. The van der Waals surface area contributed by atoms with Gasteiger partial charge >= 0.3 is 0 Å². The molecule has 0 unspecified atom stereocenters. The summed E-state index contributed by atoms with van der Waals surface area (Å²) in [7, 11) is 0. The summed E-state index contributed by atoms with van der Waals surface area (Å²) in [4.78, 5) is 2.64. The minimum absolute atomic E-state index is 0.345. The average molecular weight is 918 g/mol. The van der Waals surface area contributed by atoms with Crippen LogP contribution in [0.5, 0.6) is 0 Å². The highest BCUT2D eigenvalue weighted by atomic mass is 15.2. The molecule has 1 aliphatic heterocycles. The van der Waals surface area contributed by atoms with Crippen LogP contribution in [-0.2, 0) is 5.41 Å². The van der Waals surface area contributed by atoms with E-state index in [4.69, 9.17) is 0 Å². The minimum atomic E-state index is -0.345. The third-order valence-electron chi connectivity index (χ3n) is 15.8. The zero-order valence-electron chi connectivity index (χ0n) is 40.0. The Kier molecular flexibility index (Phi) is 8.71. The summed E-state index contributed by atoms with van der Waals surface area (Å²) in [6.07, 6.45) is 0. The van der Waals surface area contributed by atoms with Crippen molar-refractivity contribution in [3.63, 3.8) is 0 Å². The predicted octanol–water partition coefficient (Wildman–Crippen LogP) is 18.8. The van der Waals surface area contributed by atoms with Crippen LogP contribution in [0.15, 0.2) is 249 Å². The van der Waals surface area contributed by atoms with E-state index in [1.807, 2.05) is 0 Å². The fourth-order valence-corrected chi connectivity index (χ4v) is 12.6. The standard InChI is InChI=1S/C69H47N3/c1-69(2)59-38-36-47(70-61-32-16-12-24-50(61)51-25-13-17-33-62(51)70)42-65(59)72(66-43-48(37-39-60(66)69)71-63-34-18-14-26-52(63)53-27-15-19-35-64(53)71)68-56-30-10-8-28-54(56)67(55-29-9-11-31-57(55)68)58-41-46(44-20-4-3-5-21-44)40-45-22-6-7-23-49(45)58/h3-43H,1-2H3. The van der Waals surface area contributed by atoms with Crippen LogP contribution in [-0.4, -0.2) is 9.13 Å². The van der Waals surface area contributed by atoms with Crippen LogP contribution in [0.3, 0.4) is 0 Å². The van der Waals surface area contributed by atoms with Gasteiger partial charge in [-0.05, 0) is 116 Å². The van der Waals surface area contributed by atoms with Gasteiger partial charge in [0.15, 0.2) is 0 Å². The van der Waals surface area contributed by atoms with Crippen LogP contribution in [0.2, 0.25) is 0 Å². The fraction of sp³-hybridized carbons (Fsp3) is 0.0435. The van der Waals surface area contributed by atoms with Crippen LogP contribution in [0.25, 0.3) is 110 Å². The van der Waals surface area contributed by atoms with Crippen molar-refractivity contribution in [3.05, 3.63) is 260 Å². The number of anilines is 3. The first-order valence-electron chi connectivity index (χ1n) is 25.1. The highest BCUT2D eigenvalue weighted by Crippen LogP contribution is 2.57. The molecule has 0 amide bonds. The molecule has 3 heterocycles. The molecule has 0 aliphatic carbocycles. The SMILES string of the molecule is CC1(C)c2ccc(-n3c4ccccc4c4ccccc43)cc2N(c2c3ccccc3c(-c3cc(-c4ccccc4)cc4ccccc34)c3ccccc23)c2cc(-n3c4ccccc4c4ccccc43)ccc21. The van der Waals surface area contributed by atoms with E-state index in [1.165, 1.54) is 126 Å². The van der Waals surface area contributed by atoms with E-state index in [0.717, 1.165) is 11.4 Å². The molecule has 1 aliphatic rings. The van der Waals surface area contributed by atoms with Gasteiger partial charge in [-0.25, -0.2) is 0 Å². The number of fused-ring (bicyclic) bond motifs is 11. The first kappa shape index (κ1) is 40.7. The highest BCUT2D eigenvalue weighted by Gasteiger charge is 2.39. The number of hydrogen-bond donors (Lipinski definition) is 0. The van der Waals surface area contributed by atoms with E-state index >= 15 is 0 Å². The lowest BCUT2D eigenvalue weighted by Crippen LogP contribution is -2.31. The molecule has 12 aromatic carbocycles. The normalized spacial score (nSPS) is 13.2. The monoisotopic (exact) mass is 917 g/mol. The maximum atomic E-state index is 2.64. The van der Waals surface area contributed by atoms with Crippen molar-refractivity contribution in [1.82, 2.24) is 9.13 Å². The molecule has 3 heteroatoms. The largest absolute Gasteiger partial charge is 0.309 e. The Bertz CT molecular complexity index is 4220. The maximum absolute atomic E-state index is 2.64. The molecule has 3 nitrogen and oxygen atoms in total. The third-order valence-corrected chi connectivity index (χ3v) is 15.8. The summed E-state index contributed by atoms with van der Waals surface area (Å²) in [6, 6.07) is 92.6.